The summed E-state index contributed by atoms with van der Waals surface area (Å²) in [5, 5.41) is 11.5. The molecule has 0 aliphatic carbocycles. The highest BCUT2D eigenvalue weighted by Gasteiger charge is 2.05. The molecule has 0 aromatic heterocycles. The first-order valence-electron chi connectivity index (χ1n) is 6.20. The summed E-state index contributed by atoms with van der Waals surface area (Å²) in [4.78, 5) is 11.0. The van der Waals surface area contributed by atoms with Crippen molar-refractivity contribution in [1.82, 2.24) is 0 Å². The summed E-state index contributed by atoms with van der Waals surface area (Å²) in [6.07, 6.45) is 1.37. The number of esters is 1. The van der Waals surface area contributed by atoms with Gasteiger partial charge in [0.25, 0.3) is 0 Å². The van der Waals surface area contributed by atoms with Gasteiger partial charge in [-0.2, -0.15) is 4.74 Å². The van der Waals surface area contributed by atoms with Gasteiger partial charge in [0.05, 0.1) is 7.11 Å². The van der Waals surface area contributed by atoms with Gasteiger partial charge in [0.1, 0.15) is 0 Å². The van der Waals surface area contributed by atoms with Gasteiger partial charge in [-0.1, -0.05) is 42.5 Å². The SMILES string of the molecule is COC(=O)C/[N+]([O-])=C/c1ccc(-c2ccccc2)cc1. The third kappa shape index (κ3) is 3.68. The summed E-state index contributed by atoms with van der Waals surface area (Å²) in [5.41, 5.74) is 2.93. The van der Waals surface area contributed by atoms with Gasteiger partial charge in [0, 0.05) is 5.56 Å². The van der Waals surface area contributed by atoms with E-state index in [-0.39, 0.29) is 6.54 Å². The van der Waals surface area contributed by atoms with Crippen LogP contribution in [0.3, 0.4) is 0 Å². The molecule has 2 aromatic carbocycles. The van der Waals surface area contributed by atoms with Gasteiger partial charge in [-0.15, -0.1) is 0 Å². The lowest BCUT2D eigenvalue weighted by Crippen LogP contribution is -2.18. The van der Waals surface area contributed by atoms with E-state index in [0.717, 1.165) is 16.7 Å². The van der Waals surface area contributed by atoms with Crippen LogP contribution in [0.25, 0.3) is 11.1 Å². The van der Waals surface area contributed by atoms with Gasteiger partial charge in [-0.05, 0) is 23.3 Å². The molecule has 0 fully saturated rings. The van der Waals surface area contributed by atoms with Crippen LogP contribution in [-0.2, 0) is 9.53 Å². The zero-order chi connectivity index (χ0) is 14.4. The maximum absolute atomic E-state index is 11.5. The molecule has 0 saturated carbocycles. The minimum absolute atomic E-state index is 0.309. The molecule has 0 aliphatic heterocycles. The summed E-state index contributed by atoms with van der Waals surface area (Å²) in [6.45, 7) is -0.309. The van der Waals surface area contributed by atoms with E-state index in [1.165, 1.54) is 13.3 Å². The highest BCUT2D eigenvalue weighted by molar-refractivity contribution is 5.79. The van der Waals surface area contributed by atoms with E-state index in [1.54, 1.807) is 0 Å². The fraction of sp³-hybridized carbons (Fsp3) is 0.125. The largest absolute Gasteiger partial charge is 0.623 e. The minimum Gasteiger partial charge on any atom is -0.623 e. The van der Waals surface area contributed by atoms with Crippen LogP contribution in [0.4, 0.5) is 0 Å². The molecular weight excluding hydrogens is 254 g/mol. The lowest BCUT2D eigenvalue weighted by atomic mass is 10.0. The maximum atomic E-state index is 11.5. The Morgan fingerprint density at radius 3 is 2.30 bits per heavy atom. The molecule has 0 atom stereocenters. The van der Waals surface area contributed by atoms with Gasteiger partial charge in [-0.25, -0.2) is 4.79 Å². The first kappa shape index (κ1) is 13.8. The van der Waals surface area contributed by atoms with E-state index in [0.29, 0.717) is 4.74 Å². The number of carbonyl (C=O) groups excluding carboxylic acids is 1. The monoisotopic (exact) mass is 269 g/mol. The highest BCUT2D eigenvalue weighted by Crippen LogP contribution is 2.18. The average Bonchev–Trinajstić information content (AvgIpc) is 2.48. The molecule has 102 valence electrons. The molecule has 0 amide bonds. The van der Waals surface area contributed by atoms with E-state index in [9.17, 15) is 10.0 Å². The molecule has 0 spiro atoms. The summed E-state index contributed by atoms with van der Waals surface area (Å²) < 4.78 is 4.99. The van der Waals surface area contributed by atoms with Crippen molar-refractivity contribution >= 4 is 12.2 Å². The second-order valence-electron chi connectivity index (χ2n) is 4.27. The van der Waals surface area contributed by atoms with E-state index < -0.39 is 5.97 Å². The number of benzene rings is 2. The van der Waals surface area contributed by atoms with Crippen LogP contribution in [0.2, 0.25) is 0 Å². The predicted octanol–water partition coefficient (Wildman–Crippen LogP) is 2.46. The number of methoxy groups -OCH3 is 1. The van der Waals surface area contributed by atoms with Gasteiger partial charge in [0.2, 0.25) is 6.54 Å². The fourth-order valence-corrected chi connectivity index (χ4v) is 1.80. The number of rotatable bonds is 4. The Hall–Kier alpha value is -2.62. The van der Waals surface area contributed by atoms with Gasteiger partial charge < -0.3 is 9.94 Å². The molecule has 2 rings (SSSR count). The number of nitrogens with zero attached hydrogens (tertiary/aromatic N) is 1. The topological polar surface area (TPSA) is 52.4 Å². The van der Waals surface area contributed by atoms with Crippen LogP contribution < -0.4 is 0 Å². The Morgan fingerprint density at radius 2 is 1.70 bits per heavy atom. The molecule has 0 saturated heterocycles. The van der Waals surface area contributed by atoms with Crippen molar-refractivity contribution in [2.75, 3.05) is 13.7 Å². The molecular formula is C16H15NO3. The van der Waals surface area contributed by atoms with Gasteiger partial charge >= 0.3 is 5.97 Å². The molecule has 0 unspecified atom stereocenters. The summed E-state index contributed by atoms with van der Waals surface area (Å²) in [7, 11) is 1.25. The van der Waals surface area contributed by atoms with Crippen LogP contribution in [0.15, 0.2) is 54.6 Å². The number of hydroxylamine groups is 1. The van der Waals surface area contributed by atoms with Gasteiger partial charge in [0.15, 0.2) is 6.21 Å². The van der Waals surface area contributed by atoms with Crippen LogP contribution >= 0.6 is 0 Å². The van der Waals surface area contributed by atoms with Crippen molar-refractivity contribution in [2.45, 2.75) is 0 Å². The van der Waals surface area contributed by atoms with Gasteiger partial charge in [-0.3, -0.25) is 0 Å². The fourth-order valence-electron chi connectivity index (χ4n) is 1.80. The Labute approximate surface area is 117 Å². The molecule has 0 bridgehead atoms. The highest BCUT2D eigenvalue weighted by atomic mass is 16.5. The average molecular weight is 269 g/mol. The third-order valence-electron chi connectivity index (χ3n) is 2.82. The Bertz CT molecular complexity index is 603. The lowest BCUT2D eigenvalue weighted by Gasteiger charge is -2.04. The molecule has 0 radical (unpaired) electrons. The summed E-state index contributed by atoms with van der Waals surface area (Å²) in [5.74, 6) is -0.558. The van der Waals surface area contributed by atoms with Crippen molar-refractivity contribution in [2.24, 2.45) is 0 Å². The van der Waals surface area contributed by atoms with Crippen molar-refractivity contribution < 1.29 is 14.3 Å². The quantitative estimate of drug-likeness (QED) is 0.282. The first-order chi connectivity index (χ1) is 9.69. The maximum Gasteiger partial charge on any atom is 0.373 e. The summed E-state index contributed by atoms with van der Waals surface area (Å²) >= 11 is 0. The Balaban J connectivity index is 2.13. The minimum atomic E-state index is -0.558. The molecule has 4 nitrogen and oxygen atoms in total. The predicted molar refractivity (Wildman–Crippen MR) is 77.6 cm³/mol. The second-order valence-corrected chi connectivity index (χ2v) is 4.27. The van der Waals surface area contributed by atoms with Crippen LogP contribution in [-0.4, -0.2) is 30.6 Å². The van der Waals surface area contributed by atoms with E-state index >= 15 is 0 Å². The molecule has 4 heteroatoms. The lowest BCUT2D eigenvalue weighted by molar-refractivity contribution is -0.442. The smallest absolute Gasteiger partial charge is 0.373 e. The first-order valence-corrected chi connectivity index (χ1v) is 6.20. The Kier molecular flexibility index (Phi) is 4.50. The van der Waals surface area contributed by atoms with E-state index in [4.69, 9.17) is 0 Å². The zero-order valence-corrected chi connectivity index (χ0v) is 11.2. The molecule has 0 heterocycles. The second kappa shape index (κ2) is 6.52. The van der Waals surface area contributed by atoms with Crippen molar-refractivity contribution in [3.05, 3.63) is 65.4 Å². The zero-order valence-electron chi connectivity index (χ0n) is 11.2. The van der Waals surface area contributed by atoms with Crippen molar-refractivity contribution in [3.63, 3.8) is 0 Å². The Morgan fingerprint density at radius 1 is 1.10 bits per heavy atom. The van der Waals surface area contributed by atoms with Crippen LogP contribution in [0.5, 0.6) is 0 Å². The van der Waals surface area contributed by atoms with E-state index in [2.05, 4.69) is 4.74 Å². The molecule has 20 heavy (non-hydrogen) atoms. The third-order valence-corrected chi connectivity index (χ3v) is 2.82. The normalized spacial score (nSPS) is 11.2. The van der Waals surface area contributed by atoms with Crippen LogP contribution in [0.1, 0.15) is 5.56 Å². The standard InChI is InChI=1S/C16H15NO3/c1-20-16(18)12-17(19)11-13-7-9-15(10-8-13)14-5-3-2-4-6-14/h2-11H,12H2,1H3/b17-11-. The molecule has 0 N–H and O–H groups in total. The molecule has 2 aromatic rings. The molecule has 0 aliphatic rings. The van der Waals surface area contributed by atoms with Crippen LogP contribution in [0, 0.1) is 5.21 Å². The number of hydrogen-bond donors (Lipinski definition) is 0. The van der Waals surface area contributed by atoms with E-state index in [1.807, 2.05) is 54.6 Å². The summed E-state index contributed by atoms with van der Waals surface area (Å²) in [6, 6.07) is 17.5. The van der Waals surface area contributed by atoms with Crippen molar-refractivity contribution in [3.8, 4) is 11.1 Å². The number of ether oxygens (including phenoxy) is 1. The number of hydrogen-bond acceptors (Lipinski definition) is 3. The number of carbonyl (C=O) groups is 1. The van der Waals surface area contributed by atoms with Crippen molar-refractivity contribution in [1.29, 1.82) is 0 Å².